The second-order valence-corrected chi connectivity index (χ2v) is 7.92. The number of carbonyl (C=O) groups excluding carboxylic acids is 2. The number of aliphatic hydroxyl groups excluding tert-OH is 1. The van der Waals surface area contributed by atoms with Gasteiger partial charge in [-0.25, -0.2) is 4.79 Å². The highest BCUT2D eigenvalue weighted by molar-refractivity contribution is 9.09. The highest BCUT2D eigenvalue weighted by atomic mass is 79.9. The van der Waals surface area contributed by atoms with Crippen LogP contribution in [0.25, 0.3) is 0 Å². The molecule has 6 nitrogen and oxygen atoms in total. The lowest BCUT2D eigenvalue weighted by Gasteiger charge is -2.38. The Morgan fingerprint density at radius 3 is 2.45 bits per heavy atom. The summed E-state index contributed by atoms with van der Waals surface area (Å²) in [5.74, 6) is -0.291. The monoisotopic (exact) mass is 378 g/mol. The number of piperidine rings is 1. The number of alkyl carbamates (subject to hydrolysis) is 1. The molecule has 0 aromatic heterocycles. The minimum atomic E-state index is -0.680. The van der Waals surface area contributed by atoms with Crippen molar-refractivity contribution in [3.8, 4) is 0 Å². The highest BCUT2D eigenvalue weighted by Gasteiger charge is 2.37. The average molecular weight is 379 g/mol. The predicted molar refractivity (Wildman–Crippen MR) is 87.7 cm³/mol. The Balaban J connectivity index is 2.78. The molecule has 1 fully saturated rings. The lowest BCUT2D eigenvalue weighted by molar-refractivity contribution is -0.138. The first-order valence-electron chi connectivity index (χ1n) is 7.65. The molecular weight excluding hydrogens is 352 g/mol. The van der Waals surface area contributed by atoms with Crippen LogP contribution in [0.1, 0.15) is 47.5 Å². The lowest BCUT2D eigenvalue weighted by atomic mass is 10.0. The van der Waals surface area contributed by atoms with E-state index in [-0.39, 0.29) is 11.8 Å². The SMILES string of the molecule is CC(C)C(NC(=O)OC(C)(C)C)C(=O)N1CCCC(O)C1Br. The summed E-state index contributed by atoms with van der Waals surface area (Å²) in [5.41, 5.74) is -0.617. The van der Waals surface area contributed by atoms with E-state index >= 15 is 0 Å². The molecule has 2 N–H and O–H groups in total. The Morgan fingerprint density at radius 1 is 1.36 bits per heavy atom. The Hall–Kier alpha value is -0.820. The summed E-state index contributed by atoms with van der Waals surface area (Å²) >= 11 is 3.36. The van der Waals surface area contributed by atoms with E-state index in [0.29, 0.717) is 13.0 Å². The molecule has 0 spiro atoms. The number of aliphatic hydroxyl groups is 1. The van der Waals surface area contributed by atoms with Crippen LogP contribution in [0.3, 0.4) is 0 Å². The Labute approximate surface area is 140 Å². The minimum absolute atomic E-state index is 0.0845. The van der Waals surface area contributed by atoms with Gasteiger partial charge in [-0.2, -0.15) is 0 Å². The number of rotatable bonds is 3. The lowest BCUT2D eigenvalue weighted by Crippen LogP contribution is -2.57. The molecule has 7 heteroatoms. The number of hydrogen-bond acceptors (Lipinski definition) is 4. The maximum atomic E-state index is 12.7. The second-order valence-electron chi connectivity index (χ2n) is 6.98. The van der Waals surface area contributed by atoms with Crippen LogP contribution in [0.2, 0.25) is 0 Å². The van der Waals surface area contributed by atoms with E-state index in [0.717, 1.165) is 6.42 Å². The summed E-state index contributed by atoms with van der Waals surface area (Å²) in [5, 5.41) is 12.5. The highest BCUT2D eigenvalue weighted by Crippen LogP contribution is 2.24. The molecule has 1 aliphatic rings. The molecule has 0 aliphatic carbocycles. The quantitative estimate of drug-likeness (QED) is 0.582. The van der Waals surface area contributed by atoms with Gasteiger partial charge in [0.25, 0.3) is 0 Å². The van der Waals surface area contributed by atoms with E-state index in [1.54, 1.807) is 25.7 Å². The van der Waals surface area contributed by atoms with Crippen LogP contribution in [-0.2, 0) is 9.53 Å². The summed E-state index contributed by atoms with van der Waals surface area (Å²) in [6.45, 7) is 9.61. The smallest absolute Gasteiger partial charge is 0.408 e. The van der Waals surface area contributed by atoms with Crippen LogP contribution < -0.4 is 5.32 Å². The van der Waals surface area contributed by atoms with Crippen molar-refractivity contribution in [2.45, 2.75) is 70.2 Å². The predicted octanol–water partition coefficient (Wildman–Crippen LogP) is 2.24. The maximum absolute atomic E-state index is 12.7. The summed E-state index contributed by atoms with van der Waals surface area (Å²) in [6, 6.07) is -0.680. The molecule has 0 aromatic carbocycles. The summed E-state index contributed by atoms with van der Waals surface area (Å²) in [4.78, 5) is 25.8. The van der Waals surface area contributed by atoms with E-state index in [1.165, 1.54) is 0 Å². The van der Waals surface area contributed by atoms with Crippen LogP contribution in [0, 0.1) is 5.92 Å². The van der Waals surface area contributed by atoms with E-state index in [4.69, 9.17) is 4.74 Å². The number of hydrogen-bond donors (Lipinski definition) is 2. The average Bonchev–Trinajstić information content (AvgIpc) is 2.36. The van der Waals surface area contributed by atoms with Crippen molar-refractivity contribution in [1.82, 2.24) is 10.2 Å². The fraction of sp³-hybridized carbons (Fsp3) is 0.867. The third-order valence-corrected chi connectivity index (χ3v) is 4.51. The molecule has 2 amide bonds. The third-order valence-electron chi connectivity index (χ3n) is 3.40. The molecule has 22 heavy (non-hydrogen) atoms. The zero-order valence-electron chi connectivity index (χ0n) is 13.9. The van der Waals surface area contributed by atoms with Crippen LogP contribution in [0.5, 0.6) is 0 Å². The number of carbonyl (C=O) groups is 2. The molecule has 3 unspecified atom stereocenters. The van der Waals surface area contributed by atoms with Crippen LogP contribution in [0.15, 0.2) is 0 Å². The number of alkyl halides is 1. The van der Waals surface area contributed by atoms with Crippen molar-refractivity contribution in [3.05, 3.63) is 0 Å². The molecule has 0 bridgehead atoms. The van der Waals surface area contributed by atoms with Gasteiger partial charge in [-0.3, -0.25) is 4.79 Å². The molecule has 0 aromatic rings. The topological polar surface area (TPSA) is 78.9 Å². The van der Waals surface area contributed by atoms with Crippen molar-refractivity contribution in [2.24, 2.45) is 5.92 Å². The van der Waals surface area contributed by atoms with Crippen molar-refractivity contribution in [3.63, 3.8) is 0 Å². The number of ether oxygens (including phenoxy) is 1. The number of amides is 2. The van der Waals surface area contributed by atoms with E-state index in [1.807, 2.05) is 13.8 Å². The molecule has 1 saturated heterocycles. The van der Waals surface area contributed by atoms with Crippen LogP contribution in [-0.4, -0.2) is 51.2 Å². The number of halogens is 1. The maximum Gasteiger partial charge on any atom is 0.408 e. The van der Waals surface area contributed by atoms with Crippen LogP contribution >= 0.6 is 15.9 Å². The van der Waals surface area contributed by atoms with Gasteiger partial charge >= 0.3 is 6.09 Å². The van der Waals surface area contributed by atoms with Crippen molar-refractivity contribution >= 4 is 27.9 Å². The Morgan fingerprint density at radius 2 is 1.95 bits per heavy atom. The van der Waals surface area contributed by atoms with E-state index < -0.39 is 28.8 Å². The summed E-state index contributed by atoms with van der Waals surface area (Å²) < 4.78 is 5.22. The van der Waals surface area contributed by atoms with Crippen molar-refractivity contribution < 1.29 is 19.4 Å². The molecular formula is C15H27BrN2O4. The van der Waals surface area contributed by atoms with Gasteiger partial charge in [-0.15, -0.1) is 0 Å². The Kier molecular flexibility index (Phi) is 6.67. The zero-order chi connectivity index (χ0) is 17.1. The molecule has 128 valence electrons. The van der Waals surface area contributed by atoms with Gasteiger partial charge in [-0.05, 0) is 39.5 Å². The van der Waals surface area contributed by atoms with Crippen molar-refractivity contribution in [2.75, 3.05) is 6.54 Å². The normalized spacial score (nSPS) is 24.1. The molecule has 1 rings (SSSR count). The number of nitrogens with zero attached hydrogens (tertiary/aromatic N) is 1. The third kappa shape index (κ3) is 5.43. The first kappa shape index (κ1) is 19.2. The minimum Gasteiger partial charge on any atom is -0.444 e. The molecule has 0 radical (unpaired) electrons. The Bertz CT molecular complexity index is 409. The summed E-state index contributed by atoms with van der Waals surface area (Å²) in [7, 11) is 0. The van der Waals surface area contributed by atoms with Gasteiger partial charge < -0.3 is 20.1 Å². The fourth-order valence-electron chi connectivity index (χ4n) is 2.30. The fourth-order valence-corrected chi connectivity index (χ4v) is 2.97. The molecule has 3 atom stereocenters. The van der Waals surface area contributed by atoms with E-state index in [2.05, 4.69) is 21.2 Å². The second kappa shape index (κ2) is 7.64. The molecule has 0 saturated carbocycles. The molecule has 1 heterocycles. The first-order chi connectivity index (χ1) is 10.0. The molecule has 1 aliphatic heterocycles. The largest absolute Gasteiger partial charge is 0.444 e. The number of nitrogens with one attached hydrogen (secondary N) is 1. The zero-order valence-corrected chi connectivity index (χ0v) is 15.5. The van der Waals surface area contributed by atoms with Gasteiger partial charge in [0.15, 0.2) is 0 Å². The van der Waals surface area contributed by atoms with Gasteiger partial charge in [0.2, 0.25) is 5.91 Å². The van der Waals surface area contributed by atoms with E-state index in [9.17, 15) is 14.7 Å². The summed E-state index contributed by atoms with van der Waals surface area (Å²) in [6.07, 6.45) is 0.202. The standard InChI is InChI=1S/C15H27BrN2O4/c1-9(2)11(17-14(21)22-15(3,4)5)13(20)18-8-6-7-10(19)12(18)16/h9-12,19H,6-8H2,1-5H3,(H,17,21). The van der Waals surface area contributed by atoms with Gasteiger partial charge in [0.05, 0.1) is 6.10 Å². The number of likely N-dealkylation sites (tertiary alicyclic amines) is 1. The van der Waals surface area contributed by atoms with Gasteiger partial charge in [0, 0.05) is 6.54 Å². The van der Waals surface area contributed by atoms with Gasteiger partial charge in [-0.1, -0.05) is 29.8 Å². The van der Waals surface area contributed by atoms with Gasteiger partial charge in [0.1, 0.15) is 16.6 Å². The van der Waals surface area contributed by atoms with Crippen molar-refractivity contribution in [1.29, 1.82) is 0 Å². The first-order valence-corrected chi connectivity index (χ1v) is 8.56. The van der Waals surface area contributed by atoms with Crippen LogP contribution in [0.4, 0.5) is 4.79 Å².